The molecule has 0 N–H and O–H groups in total. The molecule has 0 saturated heterocycles. The Bertz CT molecular complexity index is 252. The van der Waals surface area contributed by atoms with Crippen molar-refractivity contribution in [1.29, 1.82) is 0 Å². The van der Waals surface area contributed by atoms with Crippen LogP contribution in [0.3, 0.4) is 0 Å². The van der Waals surface area contributed by atoms with E-state index < -0.39 is 23.3 Å². The molecule has 0 aromatic carbocycles. The molecule has 0 fully saturated rings. The molecule has 0 aromatic rings. The molecule has 0 saturated carbocycles. The van der Waals surface area contributed by atoms with Crippen LogP contribution in [0.15, 0.2) is 12.2 Å². The highest BCUT2D eigenvalue weighted by molar-refractivity contribution is 5.89. The van der Waals surface area contributed by atoms with E-state index in [2.05, 4.69) is 6.58 Å². The number of rotatable bonds is 4. The maximum atomic E-state index is 12.1. The molecule has 2 nitrogen and oxygen atoms in total. The van der Waals surface area contributed by atoms with E-state index in [-0.39, 0.29) is 0 Å². The average molecular weight is 224 g/mol. The average Bonchev–Trinajstić information content (AvgIpc) is 2.15. The number of carbonyl (C=O) groups is 1. The third-order valence-corrected chi connectivity index (χ3v) is 2.42. The van der Waals surface area contributed by atoms with Crippen molar-refractivity contribution in [3.05, 3.63) is 12.2 Å². The van der Waals surface area contributed by atoms with Crippen molar-refractivity contribution in [2.45, 2.75) is 45.4 Å². The van der Waals surface area contributed by atoms with Crippen LogP contribution in [-0.4, -0.2) is 17.7 Å². The first-order chi connectivity index (χ1) is 6.66. The Hall–Kier alpha value is -1.00. The predicted octanol–water partition coefficient (Wildman–Crippen LogP) is 3.23. The fraction of sp³-hybridized carbons (Fsp3) is 0.700. The minimum Gasteiger partial charge on any atom is -0.456 e. The second-order valence-electron chi connectivity index (χ2n) is 3.52. The van der Waals surface area contributed by atoms with E-state index in [1.165, 1.54) is 0 Å². The van der Waals surface area contributed by atoms with Crippen LogP contribution < -0.4 is 0 Å². The molecular formula is C10H15F3O2. The van der Waals surface area contributed by atoms with E-state index in [9.17, 15) is 18.0 Å². The zero-order chi connectivity index (χ0) is 12.3. The highest BCUT2D eigenvalue weighted by Crippen LogP contribution is 2.28. The minimum atomic E-state index is -4.72. The first-order valence-electron chi connectivity index (χ1n) is 4.65. The van der Waals surface area contributed by atoms with Gasteiger partial charge in [-0.05, 0) is 19.8 Å². The molecular weight excluding hydrogens is 209 g/mol. The van der Waals surface area contributed by atoms with Crippen LogP contribution in [0.1, 0.15) is 33.6 Å². The summed E-state index contributed by atoms with van der Waals surface area (Å²) < 4.78 is 41.0. The third kappa shape index (κ3) is 3.93. The van der Waals surface area contributed by atoms with Crippen LogP contribution in [0.25, 0.3) is 0 Å². The molecule has 0 atom stereocenters. The largest absolute Gasteiger partial charge is 0.456 e. The van der Waals surface area contributed by atoms with Gasteiger partial charge in [0.1, 0.15) is 11.2 Å². The molecule has 0 bridgehead atoms. The summed E-state index contributed by atoms with van der Waals surface area (Å²) in [6, 6.07) is 0. The standard InChI is InChI=1S/C10H15F3O2/c1-5-9(4,6-2)15-8(14)7(3)10(11,12)13/h3,5-6H2,1-2,4H3. The van der Waals surface area contributed by atoms with Crippen molar-refractivity contribution in [2.24, 2.45) is 0 Å². The second-order valence-corrected chi connectivity index (χ2v) is 3.52. The maximum Gasteiger partial charge on any atom is 0.422 e. The van der Waals surface area contributed by atoms with E-state index in [0.29, 0.717) is 12.8 Å². The van der Waals surface area contributed by atoms with E-state index in [4.69, 9.17) is 4.74 Å². The fourth-order valence-electron chi connectivity index (χ4n) is 0.795. The molecule has 0 unspecified atom stereocenters. The topological polar surface area (TPSA) is 26.3 Å². The van der Waals surface area contributed by atoms with Gasteiger partial charge in [-0.25, -0.2) is 4.79 Å². The number of carbonyl (C=O) groups excluding carboxylic acids is 1. The third-order valence-electron chi connectivity index (χ3n) is 2.42. The van der Waals surface area contributed by atoms with Gasteiger partial charge in [0, 0.05) is 0 Å². The SMILES string of the molecule is C=C(C(=O)OC(C)(CC)CC)C(F)(F)F. The van der Waals surface area contributed by atoms with E-state index in [0.717, 1.165) is 0 Å². The first kappa shape index (κ1) is 14.0. The normalized spacial score (nSPS) is 12.4. The molecule has 0 heterocycles. The van der Waals surface area contributed by atoms with Gasteiger partial charge in [0.15, 0.2) is 0 Å². The number of alkyl halides is 3. The molecule has 88 valence electrons. The van der Waals surface area contributed by atoms with Gasteiger partial charge in [-0.15, -0.1) is 0 Å². The van der Waals surface area contributed by atoms with Crippen LogP contribution in [0.5, 0.6) is 0 Å². The quantitative estimate of drug-likeness (QED) is 0.541. The van der Waals surface area contributed by atoms with Crippen molar-refractivity contribution >= 4 is 5.97 Å². The molecule has 0 rings (SSSR count). The molecule has 0 amide bonds. The summed E-state index contributed by atoms with van der Waals surface area (Å²) in [6.07, 6.45) is -3.81. The van der Waals surface area contributed by atoms with Crippen LogP contribution in [0.2, 0.25) is 0 Å². The minimum absolute atomic E-state index is 0.459. The van der Waals surface area contributed by atoms with Gasteiger partial charge in [0.05, 0.1) is 0 Å². The van der Waals surface area contributed by atoms with Gasteiger partial charge >= 0.3 is 12.1 Å². The number of hydrogen-bond acceptors (Lipinski definition) is 2. The second kappa shape index (κ2) is 4.68. The number of ether oxygens (including phenoxy) is 1. The Morgan fingerprint density at radius 1 is 1.27 bits per heavy atom. The van der Waals surface area contributed by atoms with E-state index >= 15 is 0 Å². The van der Waals surface area contributed by atoms with Gasteiger partial charge in [0.2, 0.25) is 0 Å². The van der Waals surface area contributed by atoms with Crippen molar-refractivity contribution in [3.63, 3.8) is 0 Å². The lowest BCUT2D eigenvalue weighted by Crippen LogP contribution is -2.33. The molecule has 0 aliphatic carbocycles. The number of esters is 1. The predicted molar refractivity (Wildman–Crippen MR) is 50.3 cm³/mol. The molecule has 0 radical (unpaired) electrons. The summed E-state index contributed by atoms with van der Waals surface area (Å²) in [5, 5.41) is 0. The van der Waals surface area contributed by atoms with Crippen molar-refractivity contribution < 1.29 is 22.7 Å². The molecule has 15 heavy (non-hydrogen) atoms. The van der Waals surface area contributed by atoms with Gasteiger partial charge in [-0.3, -0.25) is 0 Å². The zero-order valence-electron chi connectivity index (χ0n) is 9.07. The Balaban J connectivity index is 4.57. The zero-order valence-corrected chi connectivity index (χ0v) is 9.07. The van der Waals surface area contributed by atoms with Crippen molar-refractivity contribution in [3.8, 4) is 0 Å². The Labute approximate surface area is 87.1 Å². The van der Waals surface area contributed by atoms with Crippen molar-refractivity contribution in [1.82, 2.24) is 0 Å². The summed E-state index contributed by atoms with van der Waals surface area (Å²) in [7, 11) is 0. The van der Waals surface area contributed by atoms with E-state index in [1.807, 2.05) is 0 Å². The Kier molecular flexibility index (Phi) is 4.37. The molecule has 0 aliphatic rings. The highest BCUT2D eigenvalue weighted by atomic mass is 19.4. The van der Waals surface area contributed by atoms with Gasteiger partial charge < -0.3 is 4.74 Å². The lowest BCUT2D eigenvalue weighted by molar-refractivity contribution is -0.164. The smallest absolute Gasteiger partial charge is 0.422 e. The highest BCUT2D eigenvalue weighted by Gasteiger charge is 2.40. The summed E-state index contributed by atoms with van der Waals surface area (Å²) in [6.45, 7) is 7.76. The molecule has 0 aromatic heterocycles. The Morgan fingerprint density at radius 2 is 1.67 bits per heavy atom. The lowest BCUT2D eigenvalue weighted by Gasteiger charge is -2.27. The Morgan fingerprint density at radius 3 is 1.93 bits per heavy atom. The summed E-state index contributed by atoms with van der Waals surface area (Å²) in [5.74, 6) is -1.39. The van der Waals surface area contributed by atoms with Crippen LogP contribution in [0.4, 0.5) is 13.2 Å². The fourth-order valence-corrected chi connectivity index (χ4v) is 0.795. The summed E-state index contributed by atoms with van der Waals surface area (Å²) >= 11 is 0. The van der Waals surface area contributed by atoms with Gasteiger partial charge in [-0.1, -0.05) is 20.4 Å². The monoisotopic (exact) mass is 224 g/mol. The number of halogens is 3. The van der Waals surface area contributed by atoms with Crippen molar-refractivity contribution in [2.75, 3.05) is 0 Å². The number of hydrogen-bond donors (Lipinski definition) is 0. The van der Waals surface area contributed by atoms with Crippen LogP contribution in [0, 0.1) is 0 Å². The summed E-state index contributed by atoms with van der Waals surface area (Å²) in [5.41, 5.74) is -2.32. The van der Waals surface area contributed by atoms with Crippen LogP contribution in [-0.2, 0) is 9.53 Å². The lowest BCUT2D eigenvalue weighted by atomic mass is 10.00. The molecule has 0 spiro atoms. The first-order valence-corrected chi connectivity index (χ1v) is 4.65. The molecule has 0 aliphatic heterocycles. The van der Waals surface area contributed by atoms with E-state index in [1.54, 1.807) is 20.8 Å². The molecule has 5 heteroatoms. The van der Waals surface area contributed by atoms with Crippen LogP contribution >= 0.6 is 0 Å². The summed E-state index contributed by atoms with van der Waals surface area (Å²) in [4.78, 5) is 11.1. The van der Waals surface area contributed by atoms with Gasteiger partial charge in [0.25, 0.3) is 0 Å². The maximum absolute atomic E-state index is 12.1. The van der Waals surface area contributed by atoms with Gasteiger partial charge in [-0.2, -0.15) is 13.2 Å².